The van der Waals surface area contributed by atoms with E-state index in [2.05, 4.69) is 54.0 Å². The van der Waals surface area contributed by atoms with E-state index >= 15 is 0 Å². The average Bonchev–Trinajstić information content (AvgIpc) is 4.24. The second kappa shape index (κ2) is 21.9. The van der Waals surface area contributed by atoms with Crippen molar-refractivity contribution in [3.05, 3.63) is 106 Å². The number of piperazine rings is 2. The van der Waals surface area contributed by atoms with E-state index in [0.717, 1.165) is 84.4 Å². The molecule has 6 aromatic heterocycles. The molecule has 22 heteroatoms. The highest BCUT2D eigenvalue weighted by atomic mass is 32.1. The van der Waals surface area contributed by atoms with Gasteiger partial charge in [-0.25, -0.2) is 34.1 Å². The number of imide groups is 1. The molecule has 0 radical (unpaired) electrons. The van der Waals surface area contributed by atoms with Crippen molar-refractivity contribution in [3.63, 3.8) is 0 Å². The topological polar surface area (TPSA) is 244 Å². The fourth-order valence-corrected chi connectivity index (χ4v) is 10.5. The Kier molecular flexibility index (Phi) is 15.2. The quantitative estimate of drug-likeness (QED) is 0.0637. The van der Waals surface area contributed by atoms with Gasteiger partial charge in [0.1, 0.15) is 15.3 Å². The molecule has 3 aliphatic rings. The van der Waals surface area contributed by atoms with E-state index in [9.17, 15) is 28.8 Å². The Morgan fingerprint density at radius 3 is 1.91 bits per heavy atom. The van der Waals surface area contributed by atoms with Crippen LogP contribution in [0.3, 0.4) is 0 Å². The van der Waals surface area contributed by atoms with Crippen LogP contribution in [-0.2, 0) is 35.1 Å². The largest absolute Gasteiger partial charge is 0.460 e. The summed E-state index contributed by atoms with van der Waals surface area (Å²) in [4.78, 5) is 106. The number of hydrogen-bond donors (Lipinski definition) is 3. The van der Waals surface area contributed by atoms with Crippen molar-refractivity contribution >= 4 is 124 Å². The summed E-state index contributed by atoms with van der Waals surface area (Å²) < 4.78 is 11.3. The number of H-pyrrole nitrogens is 1. The molecule has 75 heavy (non-hydrogen) atoms. The number of amides is 3. The number of nitrogens with zero attached hydrogens (tertiary/aromatic N) is 9. The van der Waals surface area contributed by atoms with E-state index in [-0.39, 0.29) is 24.5 Å². The van der Waals surface area contributed by atoms with Crippen LogP contribution in [0.5, 0.6) is 0 Å². The van der Waals surface area contributed by atoms with Gasteiger partial charge in [0.25, 0.3) is 17.6 Å². The molecular formula is C53H56N12O8S2. The van der Waals surface area contributed by atoms with Crippen LogP contribution >= 0.6 is 22.7 Å². The Balaban J connectivity index is 0.000000143. The Morgan fingerprint density at radius 1 is 0.707 bits per heavy atom. The first kappa shape index (κ1) is 52.0. The summed E-state index contributed by atoms with van der Waals surface area (Å²) in [6.07, 6.45) is 2.67. The summed E-state index contributed by atoms with van der Waals surface area (Å²) in [5.74, 6) is -1.63. The van der Waals surface area contributed by atoms with E-state index in [1.165, 1.54) is 22.1 Å². The zero-order valence-electron chi connectivity index (χ0n) is 42.3. The standard InChI is InChI=1S/C23H20N6O2S.C15H19N5O.C15H17NO5S/c1-28-7-9-29(10-8-28)23-25-16-5-3-2-4-14(16)19(26-23)18-17(20(30)27-21(18)31)15-12-24-22-13(15)6-11-32-22;1-19-6-8-20(9-7-19)15-17-12-5-3-2-4-11(12)13(18-15)10-14(16)21;1-5-20-13(18)11(17)10-8-16(12-9(10)6-7-22-12)14(19)21-15(2,3)4/h2-6,11-12,24H,7-10H2,1H3,(H,27,30,31);2-5H,6-10H2,1H3,(H2,16,21);6-8H,5H2,1-4H3. The summed E-state index contributed by atoms with van der Waals surface area (Å²) in [7, 11) is 4.20. The molecule has 3 aliphatic heterocycles. The zero-order valence-corrected chi connectivity index (χ0v) is 44.0. The van der Waals surface area contributed by atoms with Crippen LogP contribution in [0, 0.1) is 0 Å². The number of carbonyl (C=O) groups excluding carboxylic acids is 6. The maximum Gasteiger partial charge on any atom is 0.419 e. The number of thiophene rings is 2. The molecule has 2 saturated heterocycles. The first-order valence-corrected chi connectivity index (χ1v) is 26.1. The lowest BCUT2D eigenvalue weighted by molar-refractivity contribution is -0.137. The summed E-state index contributed by atoms with van der Waals surface area (Å²) in [5, 5.41) is 9.30. The molecule has 11 rings (SSSR count). The summed E-state index contributed by atoms with van der Waals surface area (Å²) in [6, 6.07) is 19.0. The van der Waals surface area contributed by atoms with E-state index in [0.29, 0.717) is 50.2 Å². The molecule has 2 aromatic carbocycles. The number of para-hydroxylation sites is 2. The SMILES string of the molecule is CCOC(=O)C(=O)c1cn(C(=O)OC(C)(C)C)c2sccc12.CN1CCN(c2nc(C3=C(c4c[nH]c5sccc45)C(=O)NC3=O)c3ccccc3n2)CC1.CN1CCN(c2nc(CC(N)=O)c3ccccc3n2)CC1. The number of benzene rings is 2. The Morgan fingerprint density at radius 2 is 1.28 bits per heavy atom. The minimum absolute atomic E-state index is 0.115. The number of ketones is 1. The van der Waals surface area contributed by atoms with Gasteiger partial charge in [0.15, 0.2) is 0 Å². The highest BCUT2D eigenvalue weighted by Crippen LogP contribution is 2.38. The van der Waals surface area contributed by atoms with Crippen molar-refractivity contribution in [1.29, 1.82) is 0 Å². The van der Waals surface area contributed by atoms with E-state index in [1.807, 2.05) is 60.0 Å². The van der Waals surface area contributed by atoms with Crippen molar-refractivity contribution in [2.75, 3.05) is 82.9 Å². The number of anilines is 2. The molecule has 4 N–H and O–H groups in total. The molecule has 8 aromatic rings. The normalized spacial score (nSPS) is 15.5. The van der Waals surface area contributed by atoms with Crippen molar-refractivity contribution in [1.82, 2.24) is 44.6 Å². The molecule has 0 unspecified atom stereocenters. The molecule has 20 nitrogen and oxygen atoms in total. The van der Waals surface area contributed by atoms with Crippen molar-refractivity contribution < 1.29 is 38.2 Å². The van der Waals surface area contributed by atoms with Crippen molar-refractivity contribution in [2.45, 2.75) is 39.7 Å². The molecule has 0 spiro atoms. The second-order valence-electron chi connectivity index (χ2n) is 19.1. The third kappa shape index (κ3) is 11.3. The Bertz CT molecular complexity index is 3540. The predicted molar refractivity (Wildman–Crippen MR) is 290 cm³/mol. The van der Waals surface area contributed by atoms with Crippen LogP contribution in [0.2, 0.25) is 0 Å². The zero-order chi connectivity index (χ0) is 53.1. The van der Waals surface area contributed by atoms with Gasteiger partial charge in [-0.3, -0.25) is 24.5 Å². The molecular weight excluding hydrogens is 997 g/mol. The van der Waals surface area contributed by atoms with Crippen molar-refractivity contribution in [3.8, 4) is 0 Å². The first-order chi connectivity index (χ1) is 36.0. The number of primary amides is 1. The van der Waals surface area contributed by atoms with Gasteiger partial charge in [-0.05, 0) is 76.8 Å². The number of nitrogens with one attached hydrogen (secondary N) is 2. The average molecular weight is 1050 g/mol. The maximum absolute atomic E-state index is 13.1. The van der Waals surface area contributed by atoms with Gasteiger partial charge in [0.2, 0.25) is 17.8 Å². The number of aromatic amines is 1. The van der Waals surface area contributed by atoms with Gasteiger partial charge in [-0.2, -0.15) is 0 Å². The van der Waals surface area contributed by atoms with Gasteiger partial charge in [0, 0.05) is 91.9 Å². The Labute approximate surface area is 439 Å². The molecule has 2 fully saturated rings. The highest BCUT2D eigenvalue weighted by molar-refractivity contribution is 7.17. The number of rotatable bonds is 9. The fourth-order valence-electron chi connectivity index (χ4n) is 8.86. The lowest BCUT2D eigenvalue weighted by atomic mass is 9.97. The smallest absolute Gasteiger partial charge is 0.419 e. The van der Waals surface area contributed by atoms with Gasteiger partial charge < -0.3 is 39.8 Å². The van der Waals surface area contributed by atoms with Crippen LogP contribution in [0.4, 0.5) is 16.7 Å². The Hall–Kier alpha value is -7.92. The number of carbonyl (C=O) groups is 6. The van der Waals surface area contributed by atoms with Gasteiger partial charge in [-0.15, -0.1) is 22.7 Å². The molecule has 0 atom stereocenters. The van der Waals surface area contributed by atoms with Gasteiger partial charge >= 0.3 is 12.1 Å². The third-order valence-electron chi connectivity index (χ3n) is 12.6. The predicted octanol–water partition coefficient (Wildman–Crippen LogP) is 6.13. The number of aromatic nitrogens is 6. The number of ether oxygens (including phenoxy) is 2. The number of likely N-dealkylation sites (N-methyl/N-ethyl adjacent to an activating group) is 2. The summed E-state index contributed by atoms with van der Waals surface area (Å²) in [5.41, 5.74) is 9.01. The summed E-state index contributed by atoms with van der Waals surface area (Å²) >= 11 is 2.85. The van der Waals surface area contributed by atoms with E-state index in [1.54, 1.807) is 56.7 Å². The van der Waals surface area contributed by atoms with Crippen LogP contribution in [0.25, 0.3) is 53.4 Å². The number of Topliss-reactive ketones (excluding diaryl/α,β-unsaturated/α-hetero) is 1. The lowest BCUT2D eigenvalue weighted by Gasteiger charge is -2.32. The maximum atomic E-state index is 13.1. The third-order valence-corrected chi connectivity index (χ3v) is 14.4. The second-order valence-corrected chi connectivity index (χ2v) is 20.9. The molecule has 0 saturated carbocycles. The van der Waals surface area contributed by atoms with E-state index < -0.39 is 35.3 Å². The van der Waals surface area contributed by atoms with Crippen LogP contribution in [-0.4, -0.2) is 154 Å². The fraction of sp³-hybridized carbons (Fsp3) is 0.321. The van der Waals surface area contributed by atoms with Crippen LogP contribution in [0.1, 0.15) is 55.0 Å². The molecule has 9 heterocycles. The monoisotopic (exact) mass is 1050 g/mol. The van der Waals surface area contributed by atoms with E-state index in [4.69, 9.17) is 25.2 Å². The van der Waals surface area contributed by atoms with Crippen molar-refractivity contribution in [2.24, 2.45) is 5.73 Å². The molecule has 388 valence electrons. The molecule has 0 bridgehead atoms. The lowest BCUT2D eigenvalue weighted by Crippen LogP contribution is -2.45. The number of nitrogens with two attached hydrogens (primary N) is 1. The molecule has 3 amide bonds. The molecule has 0 aliphatic carbocycles. The summed E-state index contributed by atoms with van der Waals surface area (Å²) in [6.45, 7) is 14.2. The van der Waals surface area contributed by atoms with Gasteiger partial charge in [-0.1, -0.05) is 36.4 Å². The number of hydrogen-bond acceptors (Lipinski definition) is 18. The first-order valence-electron chi connectivity index (χ1n) is 24.3. The minimum Gasteiger partial charge on any atom is -0.460 e. The van der Waals surface area contributed by atoms with Crippen LogP contribution < -0.4 is 20.9 Å². The number of esters is 1. The minimum atomic E-state index is -0.933. The highest BCUT2D eigenvalue weighted by Gasteiger charge is 2.36. The van der Waals surface area contributed by atoms with Gasteiger partial charge in [0.05, 0.1) is 52.2 Å². The number of fused-ring (bicyclic) bond motifs is 4. The van der Waals surface area contributed by atoms with Crippen LogP contribution in [0.15, 0.2) is 83.8 Å².